The zero-order chi connectivity index (χ0) is 18.7. The standard InChI is InChI=1S/C18H15FN4O3/c1-12-14(6-4-8-16(12)23(25)26)18(24)20-17-9-10-22(21-17)11-13-5-2-3-7-15(13)19/h2-10H,11H2,1H3,(H,20,21,24). The van der Waals surface area contributed by atoms with Crippen molar-refractivity contribution in [2.24, 2.45) is 0 Å². The van der Waals surface area contributed by atoms with Crippen LogP contribution in [0.4, 0.5) is 15.9 Å². The average molecular weight is 354 g/mol. The van der Waals surface area contributed by atoms with Gasteiger partial charge in [-0.1, -0.05) is 24.3 Å². The number of hydrogen-bond acceptors (Lipinski definition) is 4. The van der Waals surface area contributed by atoms with Crippen LogP contribution in [0, 0.1) is 22.9 Å². The van der Waals surface area contributed by atoms with E-state index >= 15 is 0 Å². The second-order valence-corrected chi connectivity index (χ2v) is 5.65. The fourth-order valence-electron chi connectivity index (χ4n) is 2.57. The minimum atomic E-state index is -0.532. The Bertz CT molecular complexity index is 984. The first-order valence-electron chi connectivity index (χ1n) is 7.78. The van der Waals surface area contributed by atoms with Gasteiger partial charge in [-0.05, 0) is 19.1 Å². The molecule has 0 spiro atoms. The van der Waals surface area contributed by atoms with Crippen molar-refractivity contribution < 1.29 is 14.1 Å². The van der Waals surface area contributed by atoms with Crippen molar-refractivity contribution in [2.75, 3.05) is 5.32 Å². The van der Waals surface area contributed by atoms with Crippen LogP contribution in [0.3, 0.4) is 0 Å². The summed E-state index contributed by atoms with van der Waals surface area (Å²) in [6.07, 6.45) is 1.61. The minimum absolute atomic E-state index is 0.122. The Morgan fingerprint density at radius 3 is 2.73 bits per heavy atom. The van der Waals surface area contributed by atoms with Gasteiger partial charge >= 0.3 is 0 Å². The topological polar surface area (TPSA) is 90.1 Å². The van der Waals surface area contributed by atoms with Crippen molar-refractivity contribution >= 4 is 17.4 Å². The molecule has 0 aliphatic rings. The van der Waals surface area contributed by atoms with Crippen LogP contribution in [0.1, 0.15) is 21.5 Å². The molecule has 8 heteroatoms. The lowest BCUT2D eigenvalue weighted by atomic mass is 10.1. The summed E-state index contributed by atoms with van der Waals surface area (Å²) < 4.78 is 15.2. The number of nitrogens with one attached hydrogen (secondary N) is 1. The summed E-state index contributed by atoms with van der Waals surface area (Å²) in [5.41, 5.74) is 0.828. The Balaban J connectivity index is 1.75. The molecule has 2 aromatic carbocycles. The van der Waals surface area contributed by atoms with Crippen LogP contribution >= 0.6 is 0 Å². The molecule has 0 bridgehead atoms. The highest BCUT2D eigenvalue weighted by Crippen LogP contribution is 2.22. The maximum atomic E-state index is 13.7. The summed E-state index contributed by atoms with van der Waals surface area (Å²) in [5.74, 6) is -0.555. The van der Waals surface area contributed by atoms with Gasteiger partial charge in [0.05, 0.1) is 11.5 Å². The van der Waals surface area contributed by atoms with Gasteiger partial charge in [-0.25, -0.2) is 4.39 Å². The highest BCUT2D eigenvalue weighted by molar-refractivity contribution is 6.05. The van der Waals surface area contributed by atoms with Gasteiger partial charge in [-0.3, -0.25) is 19.6 Å². The second kappa shape index (κ2) is 7.14. The largest absolute Gasteiger partial charge is 0.305 e. The zero-order valence-electron chi connectivity index (χ0n) is 13.8. The van der Waals surface area contributed by atoms with Gasteiger partial charge in [0.2, 0.25) is 0 Å². The molecule has 3 aromatic rings. The van der Waals surface area contributed by atoms with Crippen LogP contribution in [0.15, 0.2) is 54.7 Å². The monoisotopic (exact) mass is 354 g/mol. The molecular weight excluding hydrogens is 339 g/mol. The van der Waals surface area contributed by atoms with Crippen molar-refractivity contribution in [1.82, 2.24) is 9.78 Å². The number of carbonyl (C=O) groups excluding carboxylic acids is 1. The molecule has 1 amide bonds. The molecule has 0 aliphatic heterocycles. The summed E-state index contributed by atoms with van der Waals surface area (Å²) >= 11 is 0. The molecule has 0 unspecified atom stereocenters. The summed E-state index contributed by atoms with van der Waals surface area (Å²) in [7, 11) is 0. The number of aromatic nitrogens is 2. The number of anilines is 1. The molecule has 132 valence electrons. The van der Waals surface area contributed by atoms with Crippen LogP contribution in [-0.2, 0) is 6.54 Å². The Hall–Kier alpha value is -3.55. The van der Waals surface area contributed by atoms with Crippen LogP contribution < -0.4 is 5.32 Å². The van der Waals surface area contributed by atoms with Gasteiger partial charge in [-0.15, -0.1) is 0 Å². The summed E-state index contributed by atoms with van der Waals surface area (Å²) in [4.78, 5) is 22.8. The first-order chi connectivity index (χ1) is 12.5. The third-order valence-corrected chi connectivity index (χ3v) is 3.92. The van der Waals surface area contributed by atoms with Crippen molar-refractivity contribution in [3.05, 3.63) is 87.3 Å². The molecule has 3 rings (SSSR count). The number of hydrogen-bond donors (Lipinski definition) is 1. The van der Waals surface area contributed by atoms with Crippen LogP contribution in [0.25, 0.3) is 0 Å². The molecule has 1 heterocycles. The highest BCUT2D eigenvalue weighted by atomic mass is 19.1. The number of halogens is 1. The van der Waals surface area contributed by atoms with E-state index in [0.29, 0.717) is 5.56 Å². The highest BCUT2D eigenvalue weighted by Gasteiger charge is 2.18. The van der Waals surface area contributed by atoms with Gasteiger partial charge < -0.3 is 5.32 Å². The van der Waals surface area contributed by atoms with Crippen molar-refractivity contribution in [3.8, 4) is 0 Å². The molecule has 0 fully saturated rings. The molecule has 7 nitrogen and oxygen atoms in total. The average Bonchev–Trinajstić information content (AvgIpc) is 3.03. The summed E-state index contributed by atoms with van der Waals surface area (Å²) in [6, 6.07) is 12.2. The molecule has 0 saturated carbocycles. The number of amides is 1. The van der Waals surface area contributed by atoms with Crippen LogP contribution in [0.2, 0.25) is 0 Å². The quantitative estimate of drug-likeness (QED) is 0.560. The first kappa shape index (κ1) is 17.3. The maximum Gasteiger partial charge on any atom is 0.273 e. The van der Waals surface area contributed by atoms with Gasteiger partial charge in [-0.2, -0.15) is 5.10 Å². The fraction of sp³-hybridized carbons (Fsp3) is 0.111. The molecule has 0 aliphatic carbocycles. The molecule has 0 atom stereocenters. The van der Waals surface area contributed by atoms with Crippen molar-refractivity contribution in [1.29, 1.82) is 0 Å². The van der Waals surface area contributed by atoms with Gasteiger partial charge in [0.15, 0.2) is 5.82 Å². The van der Waals surface area contributed by atoms with E-state index in [1.807, 2.05) is 0 Å². The van der Waals surface area contributed by atoms with E-state index < -0.39 is 10.8 Å². The van der Waals surface area contributed by atoms with Crippen molar-refractivity contribution in [2.45, 2.75) is 13.5 Å². The van der Waals surface area contributed by atoms with E-state index in [1.54, 1.807) is 30.5 Å². The Labute approximate surface area is 148 Å². The van der Waals surface area contributed by atoms with E-state index in [9.17, 15) is 19.3 Å². The molecule has 0 saturated heterocycles. The van der Waals surface area contributed by atoms with Gasteiger partial charge in [0.25, 0.3) is 11.6 Å². The van der Waals surface area contributed by atoms with Crippen LogP contribution in [-0.4, -0.2) is 20.6 Å². The smallest absolute Gasteiger partial charge is 0.273 e. The van der Waals surface area contributed by atoms with Crippen LogP contribution in [0.5, 0.6) is 0 Å². The number of rotatable bonds is 5. The molecule has 1 aromatic heterocycles. The molecule has 26 heavy (non-hydrogen) atoms. The van der Waals surface area contributed by atoms with Gasteiger partial charge in [0.1, 0.15) is 5.82 Å². The molecule has 1 N–H and O–H groups in total. The van der Waals surface area contributed by atoms with E-state index in [2.05, 4.69) is 10.4 Å². The fourth-order valence-corrected chi connectivity index (χ4v) is 2.57. The summed E-state index contributed by atoms with van der Waals surface area (Å²) in [6.45, 7) is 1.74. The maximum absolute atomic E-state index is 13.7. The predicted molar refractivity (Wildman–Crippen MR) is 93.5 cm³/mol. The number of carbonyl (C=O) groups is 1. The molecule has 0 radical (unpaired) electrons. The third-order valence-electron chi connectivity index (χ3n) is 3.92. The van der Waals surface area contributed by atoms with E-state index in [-0.39, 0.29) is 35.0 Å². The minimum Gasteiger partial charge on any atom is -0.305 e. The predicted octanol–water partition coefficient (Wildman–Crippen LogP) is 3.54. The Kier molecular flexibility index (Phi) is 4.74. The number of nitrogens with zero attached hydrogens (tertiary/aromatic N) is 3. The number of nitro groups is 1. The number of nitro benzene ring substituents is 1. The Morgan fingerprint density at radius 2 is 2.00 bits per heavy atom. The lowest BCUT2D eigenvalue weighted by molar-refractivity contribution is -0.385. The lowest BCUT2D eigenvalue weighted by Crippen LogP contribution is -2.15. The SMILES string of the molecule is Cc1c(C(=O)Nc2ccn(Cc3ccccc3F)n2)cccc1[N+](=O)[O-]. The normalized spacial score (nSPS) is 10.5. The second-order valence-electron chi connectivity index (χ2n) is 5.65. The lowest BCUT2D eigenvalue weighted by Gasteiger charge is -2.06. The van der Waals surface area contributed by atoms with E-state index in [0.717, 1.165) is 0 Å². The molecular formula is C18H15FN4O3. The first-order valence-corrected chi connectivity index (χ1v) is 7.78. The van der Waals surface area contributed by atoms with Crippen molar-refractivity contribution in [3.63, 3.8) is 0 Å². The summed E-state index contributed by atoms with van der Waals surface area (Å²) in [5, 5.41) is 17.8. The zero-order valence-corrected chi connectivity index (χ0v) is 13.8. The third kappa shape index (κ3) is 3.59. The van der Waals surface area contributed by atoms with E-state index in [1.165, 1.54) is 35.9 Å². The van der Waals surface area contributed by atoms with E-state index in [4.69, 9.17) is 0 Å². The number of benzene rings is 2. The van der Waals surface area contributed by atoms with Gasteiger partial charge in [0, 0.05) is 35.0 Å². The Morgan fingerprint density at radius 1 is 1.23 bits per heavy atom.